The largest absolute Gasteiger partial charge is 0.300 e. The quantitative estimate of drug-likeness (QED) is 0.676. The minimum absolute atomic E-state index is 0.332. The number of rotatable bonds is 4. The Balaban J connectivity index is 1.28. The molecule has 1 aliphatic heterocycles. The number of aryl methyl sites for hydroxylation is 2. The number of nitrogens with one attached hydrogen (secondary N) is 1. The molecule has 2 aromatic carbocycles. The van der Waals surface area contributed by atoms with Gasteiger partial charge >= 0.3 is 0 Å². The highest BCUT2D eigenvalue weighted by Crippen LogP contribution is 2.30. The summed E-state index contributed by atoms with van der Waals surface area (Å²) < 4.78 is 0. The number of hydrogen-bond acceptors (Lipinski definition) is 5. The van der Waals surface area contributed by atoms with Crippen LogP contribution in [0.5, 0.6) is 0 Å². The molecule has 1 aromatic heterocycles. The fourth-order valence-corrected chi connectivity index (χ4v) is 4.62. The average molecular weight is 403 g/mol. The van der Waals surface area contributed by atoms with Crippen molar-refractivity contribution in [2.24, 2.45) is 0 Å². The predicted molar refractivity (Wildman–Crippen MR) is 110 cm³/mol. The van der Waals surface area contributed by atoms with Gasteiger partial charge in [0.25, 0.3) is 11.8 Å². The number of thiazole rings is 1. The number of benzene rings is 2. The van der Waals surface area contributed by atoms with Gasteiger partial charge in [-0.25, -0.2) is 4.98 Å². The molecule has 144 valence electrons. The smallest absolute Gasteiger partial charge is 0.262 e. The molecule has 0 fully saturated rings. The minimum Gasteiger partial charge on any atom is -0.300 e. The Morgan fingerprint density at radius 2 is 1.76 bits per heavy atom. The van der Waals surface area contributed by atoms with Gasteiger partial charge in [0.2, 0.25) is 5.91 Å². The summed E-state index contributed by atoms with van der Waals surface area (Å²) in [6.45, 7) is -0.333. The van der Waals surface area contributed by atoms with Gasteiger partial charge in [-0.05, 0) is 48.6 Å². The molecule has 3 aromatic rings. The molecule has 0 spiro atoms. The SMILES string of the molecule is O=C(CN1C(=O)c2ccccc2C1=O)Nc1nc(-c2ccc3c(c2)CCC3)cs1. The van der Waals surface area contributed by atoms with Gasteiger partial charge in [-0.1, -0.05) is 24.3 Å². The first-order chi connectivity index (χ1) is 14.1. The third kappa shape index (κ3) is 3.13. The van der Waals surface area contributed by atoms with Crippen LogP contribution in [0, 0.1) is 0 Å². The zero-order chi connectivity index (χ0) is 20.0. The number of carbonyl (C=O) groups is 3. The van der Waals surface area contributed by atoms with Crippen molar-refractivity contribution in [1.29, 1.82) is 0 Å². The van der Waals surface area contributed by atoms with E-state index in [1.165, 1.54) is 28.9 Å². The van der Waals surface area contributed by atoms with Crippen molar-refractivity contribution < 1.29 is 14.4 Å². The summed E-state index contributed by atoms with van der Waals surface area (Å²) in [7, 11) is 0. The molecule has 1 aliphatic carbocycles. The molecule has 0 atom stereocenters. The molecule has 0 bridgehead atoms. The second-order valence-electron chi connectivity index (χ2n) is 7.17. The van der Waals surface area contributed by atoms with E-state index < -0.39 is 17.7 Å². The van der Waals surface area contributed by atoms with Crippen LogP contribution in [0.2, 0.25) is 0 Å². The van der Waals surface area contributed by atoms with Gasteiger partial charge in [-0.15, -0.1) is 11.3 Å². The maximum atomic E-state index is 12.4. The van der Waals surface area contributed by atoms with Crippen LogP contribution in [0.4, 0.5) is 5.13 Å². The molecule has 2 heterocycles. The third-order valence-corrected chi connectivity index (χ3v) is 6.08. The van der Waals surface area contributed by atoms with Gasteiger partial charge in [0, 0.05) is 10.9 Å². The lowest BCUT2D eigenvalue weighted by Crippen LogP contribution is -2.37. The molecule has 0 saturated heterocycles. The summed E-state index contributed by atoms with van der Waals surface area (Å²) in [5, 5.41) is 5.05. The fraction of sp³-hybridized carbons (Fsp3) is 0.182. The van der Waals surface area contributed by atoms with Gasteiger partial charge in [0.05, 0.1) is 16.8 Å². The Bertz CT molecular complexity index is 1130. The standard InChI is InChI=1S/C22H17N3O3S/c26-19(11-25-20(27)16-6-1-2-7-17(16)21(25)28)24-22-23-18(12-29-22)15-9-8-13-4-3-5-14(13)10-15/h1-2,6-10,12H,3-5,11H2,(H,23,24,26). The van der Waals surface area contributed by atoms with E-state index in [4.69, 9.17) is 0 Å². The third-order valence-electron chi connectivity index (χ3n) is 5.32. The number of nitrogens with zero attached hydrogens (tertiary/aromatic N) is 2. The maximum Gasteiger partial charge on any atom is 0.262 e. The number of imide groups is 1. The van der Waals surface area contributed by atoms with E-state index >= 15 is 0 Å². The molecule has 7 heteroatoms. The summed E-state index contributed by atoms with van der Waals surface area (Å²) in [4.78, 5) is 42.7. The van der Waals surface area contributed by atoms with E-state index in [1.807, 2.05) is 5.38 Å². The minimum atomic E-state index is -0.450. The second-order valence-corrected chi connectivity index (χ2v) is 8.02. The highest BCUT2D eigenvalue weighted by molar-refractivity contribution is 7.14. The molecule has 0 radical (unpaired) electrons. The van der Waals surface area contributed by atoms with E-state index in [2.05, 4.69) is 28.5 Å². The molecule has 1 N–H and O–H groups in total. The van der Waals surface area contributed by atoms with Crippen molar-refractivity contribution in [2.45, 2.75) is 19.3 Å². The summed E-state index contributed by atoms with van der Waals surface area (Å²) >= 11 is 1.32. The Kier molecular flexibility index (Phi) is 4.24. The predicted octanol–water partition coefficient (Wildman–Crippen LogP) is 3.53. The van der Waals surface area contributed by atoms with Gasteiger partial charge in [0.15, 0.2) is 5.13 Å². The molecular weight excluding hydrogens is 386 g/mol. The Morgan fingerprint density at radius 1 is 1.03 bits per heavy atom. The van der Waals surface area contributed by atoms with Gasteiger partial charge in [-0.3, -0.25) is 19.3 Å². The first kappa shape index (κ1) is 17.8. The van der Waals surface area contributed by atoms with Crippen molar-refractivity contribution in [1.82, 2.24) is 9.88 Å². The van der Waals surface area contributed by atoms with E-state index in [0.29, 0.717) is 16.3 Å². The topological polar surface area (TPSA) is 79.4 Å². The average Bonchev–Trinajstić information content (AvgIpc) is 3.44. The van der Waals surface area contributed by atoms with Gasteiger partial charge in [0.1, 0.15) is 6.54 Å². The summed E-state index contributed by atoms with van der Waals surface area (Å²) in [5.41, 5.74) is 5.27. The Labute approximate surface area is 171 Å². The van der Waals surface area contributed by atoms with Crippen LogP contribution in [0.25, 0.3) is 11.3 Å². The maximum absolute atomic E-state index is 12.4. The molecular formula is C22H17N3O3S. The fourth-order valence-electron chi connectivity index (χ4n) is 3.88. The highest BCUT2D eigenvalue weighted by Gasteiger charge is 2.36. The first-order valence-electron chi connectivity index (χ1n) is 9.43. The molecule has 0 saturated carbocycles. The van der Waals surface area contributed by atoms with Gasteiger partial charge in [-0.2, -0.15) is 0 Å². The lowest BCUT2D eigenvalue weighted by Gasteiger charge is -2.12. The number of fused-ring (bicyclic) bond motifs is 2. The van der Waals surface area contributed by atoms with E-state index in [1.54, 1.807) is 24.3 Å². The lowest BCUT2D eigenvalue weighted by atomic mass is 10.1. The number of aromatic nitrogens is 1. The zero-order valence-electron chi connectivity index (χ0n) is 15.5. The number of anilines is 1. The van der Waals surface area contributed by atoms with Crippen molar-refractivity contribution in [3.8, 4) is 11.3 Å². The van der Waals surface area contributed by atoms with E-state index in [0.717, 1.165) is 29.0 Å². The number of amides is 3. The van der Waals surface area contributed by atoms with Crippen LogP contribution in [-0.4, -0.2) is 34.2 Å². The molecule has 2 aliphatic rings. The first-order valence-corrected chi connectivity index (χ1v) is 10.3. The van der Waals surface area contributed by atoms with E-state index in [-0.39, 0.29) is 6.54 Å². The van der Waals surface area contributed by atoms with Crippen LogP contribution in [0.3, 0.4) is 0 Å². The van der Waals surface area contributed by atoms with Gasteiger partial charge < -0.3 is 5.32 Å². The summed E-state index contributed by atoms with van der Waals surface area (Å²) in [6.07, 6.45) is 3.41. The molecule has 29 heavy (non-hydrogen) atoms. The van der Waals surface area contributed by atoms with Crippen molar-refractivity contribution in [2.75, 3.05) is 11.9 Å². The number of hydrogen-bond donors (Lipinski definition) is 1. The summed E-state index contributed by atoms with van der Waals surface area (Å²) in [6, 6.07) is 13.0. The zero-order valence-corrected chi connectivity index (χ0v) is 16.3. The van der Waals surface area contributed by atoms with Crippen molar-refractivity contribution >= 4 is 34.2 Å². The van der Waals surface area contributed by atoms with Crippen LogP contribution >= 0.6 is 11.3 Å². The van der Waals surface area contributed by atoms with Crippen LogP contribution in [0.1, 0.15) is 38.3 Å². The van der Waals surface area contributed by atoms with Crippen LogP contribution in [-0.2, 0) is 17.6 Å². The van der Waals surface area contributed by atoms with Crippen LogP contribution < -0.4 is 5.32 Å². The molecule has 0 unspecified atom stereocenters. The van der Waals surface area contributed by atoms with E-state index in [9.17, 15) is 14.4 Å². The molecule has 6 nitrogen and oxygen atoms in total. The normalized spacial score (nSPS) is 14.8. The second kappa shape index (κ2) is 6.93. The van der Waals surface area contributed by atoms with Crippen LogP contribution in [0.15, 0.2) is 47.8 Å². The monoisotopic (exact) mass is 403 g/mol. The summed E-state index contributed by atoms with van der Waals surface area (Å²) in [5.74, 6) is -1.34. The van der Waals surface area contributed by atoms with Crippen molar-refractivity contribution in [3.05, 3.63) is 70.1 Å². The number of carbonyl (C=O) groups excluding carboxylic acids is 3. The Morgan fingerprint density at radius 3 is 2.52 bits per heavy atom. The van der Waals surface area contributed by atoms with Crippen molar-refractivity contribution in [3.63, 3.8) is 0 Å². The highest BCUT2D eigenvalue weighted by atomic mass is 32.1. The lowest BCUT2D eigenvalue weighted by molar-refractivity contribution is -0.116. The molecule has 5 rings (SSSR count). The molecule has 3 amide bonds. The Hall–Kier alpha value is -3.32.